The molecule has 2 aliphatic heterocycles. The first-order valence-electron chi connectivity index (χ1n) is 9.25. The Morgan fingerprint density at radius 2 is 2.03 bits per heavy atom. The monoisotopic (exact) mass is 396 g/mol. The van der Waals surface area contributed by atoms with Gasteiger partial charge in [0.25, 0.3) is 5.91 Å². The molecule has 0 bridgehead atoms. The Balaban J connectivity index is 1.19. The van der Waals surface area contributed by atoms with Gasteiger partial charge in [-0.2, -0.15) is 0 Å². The van der Waals surface area contributed by atoms with Crippen LogP contribution in [0.2, 0.25) is 0 Å². The van der Waals surface area contributed by atoms with Crippen LogP contribution < -0.4 is 20.1 Å². The number of benzene rings is 1. The van der Waals surface area contributed by atoms with E-state index in [0.29, 0.717) is 30.2 Å². The molecule has 1 atom stereocenters. The Morgan fingerprint density at radius 3 is 2.90 bits per heavy atom. The molecule has 150 valence electrons. The zero-order valence-electron chi connectivity index (χ0n) is 15.6. The lowest BCUT2D eigenvalue weighted by Gasteiger charge is -2.10. The highest BCUT2D eigenvalue weighted by atomic mass is 16.7. The van der Waals surface area contributed by atoms with Crippen molar-refractivity contribution in [3.63, 3.8) is 0 Å². The largest absolute Gasteiger partial charge is 0.454 e. The molecular weight excluding hydrogens is 376 g/mol. The Kier molecular flexibility index (Phi) is 5.55. The van der Waals surface area contributed by atoms with Gasteiger partial charge in [0.05, 0.1) is 5.71 Å². The van der Waals surface area contributed by atoms with Crippen molar-refractivity contribution in [2.24, 2.45) is 5.16 Å². The normalized spacial score (nSPS) is 16.7. The minimum Gasteiger partial charge on any atom is -0.454 e. The van der Waals surface area contributed by atoms with Crippen molar-refractivity contribution < 1.29 is 23.9 Å². The number of aromatic nitrogens is 1. The van der Waals surface area contributed by atoms with Crippen molar-refractivity contribution in [2.75, 3.05) is 13.3 Å². The number of fused-ring (bicyclic) bond motifs is 1. The molecule has 29 heavy (non-hydrogen) atoms. The average Bonchev–Trinajstić information content (AvgIpc) is 3.42. The molecule has 0 saturated heterocycles. The van der Waals surface area contributed by atoms with Crippen molar-refractivity contribution in [1.82, 2.24) is 15.6 Å². The highest BCUT2D eigenvalue weighted by molar-refractivity contribution is 6.04. The van der Waals surface area contributed by atoms with Crippen LogP contribution in [0.25, 0.3) is 0 Å². The van der Waals surface area contributed by atoms with Crippen molar-refractivity contribution in [2.45, 2.75) is 25.5 Å². The summed E-state index contributed by atoms with van der Waals surface area (Å²) in [5, 5.41) is 9.51. The summed E-state index contributed by atoms with van der Waals surface area (Å²) in [4.78, 5) is 33.4. The quantitative estimate of drug-likeness (QED) is 0.726. The fourth-order valence-corrected chi connectivity index (χ4v) is 2.97. The molecule has 1 unspecified atom stereocenters. The lowest BCUT2D eigenvalue weighted by atomic mass is 10.0. The third kappa shape index (κ3) is 4.63. The summed E-state index contributed by atoms with van der Waals surface area (Å²) < 4.78 is 10.6. The van der Waals surface area contributed by atoms with E-state index in [2.05, 4.69) is 20.8 Å². The summed E-state index contributed by atoms with van der Waals surface area (Å²) in [5.41, 5.74) is 2.40. The fourth-order valence-electron chi connectivity index (χ4n) is 2.97. The minimum absolute atomic E-state index is 0.154. The number of nitrogens with one attached hydrogen (secondary N) is 2. The van der Waals surface area contributed by atoms with E-state index >= 15 is 0 Å². The van der Waals surface area contributed by atoms with Crippen LogP contribution in [0.15, 0.2) is 47.9 Å². The smallest absolute Gasteiger partial charge is 0.264 e. The second kappa shape index (κ2) is 8.59. The summed E-state index contributed by atoms with van der Waals surface area (Å²) in [5.74, 6) is 0.878. The zero-order valence-corrected chi connectivity index (χ0v) is 15.6. The van der Waals surface area contributed by atoms with Crippen LogP contribution in [0.3, 0.4) is 0 Å². The van der Waals surface area contributed by atoms with Gasteiger partial charge in [0.1, 0.15) is 0 Å². The van der Waals surface area contributed by atoms with Crippen LogP contribution in [-0.4, -0.2) is 42.0 Å². The first-order chi connectivity index (χ1) is 14.2. The highest BCUT2D eigenvalue weighted by Gasteiger charge is 2.29. The van der Waals surface area contributed by atoms with E-state index in [1.165, 1.54) is 0 Å². The number of amides is 2. The van der Waals surface area contributed by atoms with E-state index in [1.54, 1.807) is 18.5 Å². The van der Waals surface area contributed by atoms with Gasteiger partial charge in [-0.25, -0.2) is 0 Å². The summed E-state index contributed by atoms with van der Waals surface area (Å²) >= 11 is 0. The standard InChI is InChI=1S/C20H20N4O5/c25-19(23-11-13-2-1-6-21-10-13)5-7-22-20(26)18-9-15(24-29-18)14-3-4-16-17(8-14)28-12-27-16/h1-4,6,8,10,18H,5,7,9,11-12H2,(H,22,26)(H,23,25). The molecule has 0 saturated carbocycles. The van der Waals surface area contributed by atoms with Gasteiger partial charge in [-0.15, -0.1) is 0 Å². The molecule has 2 N–H and O–H groups in total. The fraction of sp³-hybridized carbons (Fsp3) is 0.300. The van der Waals surface area contributed by atoms with Crippen LogP contribution in [0, 0.1) is 0 Å². The Bertz CT molecular complexity index is 932. The maximum absolute atomic E-state index is 12.3. The average molecular weight is 396 g/mol. The Morgan fingerprint density at radius 1 is 1.14 bits per heavy atom. The minimum atomic E-state index is -0.714. The molecule has 0 radical (unpaired) electrons. The molecule has 1 aromatic carbocycles. The first kappa shape index (κ1) is 18.7. The van der Waals surface area contributed by atoms with Gasteiger partial charge in [-0.3, -0.25) is 14.6 Å². The molecule has 1 aromatic heterocycles. The third-order valence-electron chi connectivity index (χ3n) is 4.53. The van der Waals surface area contributed by atoms with E-state index in [1.807, 2.05) is 24.3 Å². The van der Waals surface area contributed by atoms with Crippen molar-refractivity contribution in [3.05, 3.63) is 53.9 Å². The second-order valence-electron chi connectivity index (χ2n) is 6.58. The molecule has 0 fully saturated rings. The van der Waals surface area contributed by atoms with Crippen LogP contribution in [-0.2, 0) is 21.0 Å². The van der Waals surface area contributed by atoms with E-state index in [0.717, 1.165) is 11.1 Å². The number of carbonyl (C=O) groups excluding carboxylic acids is 2. The number of ether oxygens (including phenoxy) is 2. The van der Waals surface area contributed by atoms with Crippen molar-refractivity contribution in [3.8, 4) is 11.5 Å². The molecule has 9 heteroatoms. The van der Waals surface area contributed by atoms with Gasteiger partial charge in [-0.05, 0) is 29.8 Å². The molecule has 0 aliphatic carbocycles. The van der Waals surface area contributed by atoms with Gasteiger partial charge in [0.15, 0.2) is 11.5 Å². The van der Waals surface area contributed by atoms with Crippen LogP contribution in [0.4, 0.5) is 0 Å². The number of rotatable bonds is 7. The molecular formula is C20H20N4O5. The van der Waals surface area contributed by atoms with Crippen LogP contribution in [0.5, 0.6) is 11.5 Å². The molecule has 9 nitrogen and oxygen atoms in total. The van der Waals surface area contributed by atoms with Crippen molar-refractivity contribution >= 4 is 17.5 Å². The third-order valence-corrected chi connectivity index (χ3v) is 4.53. The highest BCUT2D eigenvalue weighted by Crippen LogP contribution is 2.33. The van der Waals surface area contributed by atoms with E-state index in [9.17, 15) is 9.59 Å². The first-order valence-corrected chi connectivity index (χ1v) is 9.25. The van der Waals surface area contributed by atoms with E-state index < -0.39 is 6.10 Å². The number of oxime groups is 1. The predicted octanol–water partition coefficient (Wildman–Crippen LogP) is 1.13. The lowest BCUT2D eigenvalue weighted by Crippen LogP contribution is -2.37. The number of hydrogen-bond donors (Lipinski definition) is 2. The predicted molar refractivity (Wildman–Crippen MR) is 102 cm³/mol. The summed E-state index contributed by atoms with van der Waals surface area (Å²) in [6, 6.07) is 9.16. The Hall–Kier alpha value is -3.62. The Labute approximate surface area is 167 Å². The molecule has 0 spiro atoms. The van der Waals surface area contributed by atoms with Gasteiger partial charge >= 0.3 is 0 Å². The van der Waals surface area contributed by atoms with Gasteiger partial charge < -0.3 is 24.9 Å². The molecule has 2 aliphatic rings. The zero-order chi connectivity index (χ0) is 20.1. The second-order valence-corrected chi connectivity index (χ2v) is 6.58. The topological polar surface area (TPSA) is 111 Å². The molecule has 2 aromatic rings. The molecule has 4 rings (SSSR count). The van der Waals surface area contributed by atoms with Gasteiger partial charge in [0.2, 0.25) is 18.8 Å². The SMILES string of the molecule is O=C(CCNC(=O)C1CC(c2ccc3c(c2)OCO3)=NO1)NCc1cccnc1. The van der Waals surface area contributed by atoms with E-state index in [-0.39, 0.29) is 31.6 Å². The number of hydrogen-bond acceptors (Lipinski definition) is 7. The van der Waals surface area contributed by atoms with Gasteiger partial charge in [-0.1, -0.05) is 11.2 Å². The molecule has 2 amide bonds. The maximum Gasteiger partial charge on any atom is 0.264 e. The van der Waals surface area contributed by atoms with Crippen LogP contribution >= 0.6 is 0 Å². The van der Waals surface area contributed by atoms with Crippen LogP contribution in [0.1, 0.15) is 24.0 Å². The molecule has 3 heterocycles. The van der Waals surface area contributed by atoms with E-state index in [4.69, 9.17) is 14.3 Å². The number of nitrogens with zero attached hydrogens (tertiary/aromatic N) is 2. The van der Waals surface area contributed by atoms with Gasteiger partial charge in [0, 0.05) is 43.9 Å². The summed E-state index contributed by atoms with van der Waals surface area (Å²) in [6.45, 7) is 0.818. The number of carbonyl (C=O) groups is 2. The van der Waals surface area contributed by atoms with Crippen molar-refractivity contribution in [1.29, 1.82) is 0 Å². The number of pyridine rings is 1. The summed E-state index contributed by atoms with van der Waals surface area (Å²) in [6.07, 6.45) is 3.17. The lowest BCUT2D eigenvalue weighted by molar-refractivity contribution is -0.131. The maximum atomic E-state index is 12.3. The summed E-state index contributed by atoms with van der Waals surface area (Å²) in [7, 11) is 0.